The Labute approximate surface area is 168 Å². The third-order valence-electron chi connectivity index (χ3n) is 5.72. The van der Waals surface area contributed by atoms with Crippen molar-refractivity contribution in [3.63, 3.8) is 0 Å². The van der Waals surface area contributed by atoms with E-state index in [4.69, 9.17) is 4.42 Å². The number of benzene rings is 1. The van der Waals surface area contributed by atoms with Gasteiger partial charge in [0.2, 0.25) is 17.5 Å². The number of rotatable bonds is 3. The predicted octanol–water partition coefficient (Wildman–Crippen LogP) is 3.50. The number of piperidine rings is 1. The number of nitriles is 1. The molecule has 6 nitrogen and oxygen atoms in total. The van der Waals surface area contributed by atoms with Crippen LogP contribution in [0.2, 0.25) is 0 Å². The highest BCUT2D eigenvalue weighted by atomic mass is 16.4. The van der Waals surface area contributed by atoms with Crippen molar-refractivity contribution >= 4 is 18.0 Å². The zero-order chi connectivity index (χ0) is 19.8. The molecule has 0 N–H and O–H groups in total. The fourth-order valence-electron chi connectivity index (χ4n) is 4.48. The topological polar surface area (TPSA) is 75.1 Å². The van der Waals surface area contributed by atoms with Crippen LogP contribution in [0.15, 0.2) is 57.7 Å². The molecule has 2 atom stereocenters. The molecule has 1 fully saturated rings. The highest BCUT2D eigenvalue weighted by Gasteiger charge is 2.36. The maximum absolute atomic E-state index is 12.2. The first-order valence-corrected chi connectivity index (χ1v) is 9.80. The highest BCUT2D eigenvalue weighted by Crippen LogP contribution is 2.38. The number of oxazole rings is 1. The van der Waals surface area contributed by atoms with Gasteiger partial charge in [-0.05, 0) is 30.0 Å². The van der Waals surface area contributed by atoms with Crippen LogP contribution in [-0.4, -0.2) is 22.6 Å². The first-order valence-electron chi connectivity index (χ1n) is 9.80. The van der Waals surface area contributed by atoms with Crippen LogP contribution < -0.4 is 10.5 Å². The number of aromatic nitrogens is 2. The minimum atomic E-state index is 0.0661. The van der Waals surface area contributed by atoms with E-state index in [1.165, 1.54) is 0 Å². The lowest BCUT2D eigenvalue weighted by atomic mass is 9.83. The van der Waals surface area contributed by atoms with E-state index in [0.29, 0.717) is 36.5 Å². The fourth-order valence-corrected chi connectivity index (χ4v) is 4.48. The van der Waals surface area contributed by atoms with Gasteiger partial charge in [0.1, 0.15) is 6.07 Å². The number of anilines is 1. The molecule has 0 aliphatic carbocycles. The summed E-state index contributed by atoms with van der Waals surface area (Å²) < 4.78 is 7.88. The summed E-state index contributed by atoms with van der Waals surface area (Å²) >= 11 is 0. The van der Waals surface area contributed by atoms with Crippen LogP contribution in [0, 0.1) is 17.2 Å². The Kier molecular flexibility index (Phi) is 4.28. The lowest BCUT2D eigenvalue weighted by Gasteiger charge is -2.42. The quantitative estimate of drug-likeness (QED) is 0.691. The number of hydrogen-bond acceptors (Lipinski definition) is 5. The van der Waals surface area contributed by atoms with E-state index >= 15 is 0 Å². The summed E-state index contributed by atoms with van der Waals surface area (Å²) in [6.45, 7) is 2.17. The van der Waals surface area contributed by atoms with Crippen LogP contribution in [0.5, 0.6) is 0 Å². The van der Waals surface area contributed by atoms with E-state index in [0.717, 1.165) is 24.2 Å². The average Bonchev–Trinajstić information content (AvgIpc) is 3.17. The molecule has 0 saturated carbocycles. The number of pyridine rings is 1. The molecule has 5 rings (SSSR count). The van der Waals surface area contributed by atoms with Gasteiger partial charge in [-0.1, -0.05) is 36.4 Å². The van der Waals surface area contributed by atoms with Crippen LogP contribution >= 0.6 is 0 Å². The molecular formula is C23H20N4O2. The van der Waals surface area contributed by atoms with Crippen molar-refractivity contribution in [3.8, 4) is 6.07 Å². The Bertz CT molecular complexity index is 1170. The lowest BCUT2D eigenvalue weighted by Crippen LogP contribution is -2.47. The molecule has 1 aromatic carbocycles. The Hall–Kier alpha value is -3.59. The van der Waals surface area contributed by atoms with Gasteiger partial charge in [0.15, 0.2) is 0 Å². The summed E-state index contributed by atoms with van der Waals surface area (Å²) in [5.41, 5.74) is 2.49. The molecule has 1 saturated heterocycles. The standard InChI is InChI=1S/C23H20N4O2/c24-12-19-23(29-21(25-19)10-9-16-5-2-1-3-6-16)26-13-17-11-18(15-26)20-7-4-8-22(28)27(20)14-17/h1-10,17-18H,11,13-15H2/t17-,18+/m1/s1. The van der Waals surface area contributed by atoms with E-state index < -0.39 is 0 Å². The average molecular weight is 384 g/mol. The zero-order valence-electron chi connectivity index (χ0n) is 15.9. The van der Waals surface area contributed by atoms with Crippen LogP contribution in [-0.2, 0) is 6.54 Å². The van der Waals surface area contributed by atoms with Gasteiger partial charge in [-0.2, -0.15) is 10.2 Å². The molecule has 2 aliphatic rings. The molecule has 6 heteroatoms. The van der Waals surface area contributed by atoms with Crippen molar-refractivity contribution in [2.75, 3.05) is 18.0 Å². The van der Waals surface area contributed by atoms with Crippen molar-refractivity contribution in [1.82, 2.24) is 9.55 Å². The second-order valence-corrected chi connectivity index (χ2v) is 7.66. The third-order valence-corrected chi connectivity index (χ3v) is 5.72. The summed E-state index contributed by atoms with van der Waals surface area (Å²) in [5, 5.41) is 9.58. The third kappa shape index (κ3) is 3.25. The molecule has 2 aromatic heterocycles. The second kappa shape index (κ2) is 7.10. The first-order chi connectivity index (χ1) is 14.2. The molecule has 29 heavy (non-hydrogen) atoms. The minimum absolute atomic E-state index is 0.0661. The molecule has 3 aromatic rings. The molecule has 2 bridgehead atoms. The second-order valence-electron chi connectivity index (χ2n) is 7.66. The number of hydrogen-bond donors (Lipinski definition) is 0. The van der Waals surface area contributed by atoms with Gasteiger partial charge in [0, 0.05) is 43.4 Å². The zero-order valence-corrected chi connectivity index (χ0v) is 15.9. The van der Waals surface area contributed by atoms with Gasteiger partial charge in [-0.25, -0.2) is 0 Å². The van der Waals surface area contributed by atoms with Crippen molar-refractivity contribution in [3.05, 3.63) is 81.7 Å². The van der Waals surface area contributed by atoms with E-state index in [-0.39, 0.29) is 11.5 Å². The van der Waals surface area contributed by atoms with E-state index in [2.05, 4.69) is 16.0 Å². The van der Waals surface area contributed by atoms with Gasteiger partial charge in [0.25, 0.3) is 5.56 Å². The fraction of sp³-hybridized carbons (Fsp3) is 0.261. The summed E-state index contributed by atoms with van der Waals surface area (Å²) in [7, 11) is 0. The molecular weight excluding hydrogens is 364 g/mol. The Morgan fingerprint density at radius 2 is 1.93 bits per heavy atom. The van der Waals surface area contributed by atoms with Crippen molar-refractivity contribution in [2.45, 2.75) is 18.9 Å². The summed E-state index contributed by atoms with van der Waals surface area (Å²) in [6.07, 6.45) is 4.76. The first kappa shape index (κ1) is 17.5. The molecule has 4 heterocycles. The molecule has 2 aliphatic heterocycles. The van der Waals surface area contributed by atoms with Gasteiger partial charge < -0.3 is 13.9 Å². The molecule has 0 radical (unpaired) electrons. The monoisotopic (exact) mass is 384 g/mol. The normalized spacial score (nSPS) is 20.4. The lowest BCUT2D eigenvalue weighted by molar-refractivity contribution is 0.275. The number of nitrogens with zero attached hydrogens (tertiary/aromatic N) is 4. The Balaban J connectivity index is 1.43. The van der Waals surface area contributed by atoms with Crippen molar-refractivity contribution < 1.29 is 4.42 Å². The largest absolute Gasteiger partial charge is 0.420 e. The van der Waals surface area contributed by atoms with Crippen LogP contribution in [0.25, 0.3) is 12.2 Å². The van der Waals surface area contributed by atoms with Crippen LogP contribution in [0.1, 0.15) is 35.2 Å². The van der Waals surface area contributed by atoms with E-state index in [1.807, 2.05) is 53.1 Å². The van der Waals surface area contributed by atoms with Gasteiger partial charge in [-0.3, -0.25) is 4.79 Å². The summed E-state index contributed by atoms with van der Waals surface area (Å²) in [6, 6.07) is 17.6. The maximum atomic E-state index is 12.2. The predicted molar refractivity (Wildman–Crippen MR) is 110 cm³/mol. The molecule has 0 unspecified atom stereocenters. The SMILES string of the molecule is N#Cc1nc(C=Cc2ccccc2)oc1N1C[C@H]2C[C@@H](C1)c1cccc(=O)n1C2. The smallest absolute Gasteiger partial charge is 0.250 e. The van der Waals surface area contributed by atoms with Crippen molar-refractivity contribution in [2.24, 2.45) is 5.92 Å². The number of fused-ring (bicyclic) bond motifs is 4. The maximum Gasteiger partial charge on any atom is 0.250 e. The molecule has 144 valence electrons. The van der Waals surface area contributed by atoms with Gasteiger partial charge in [-0.15, -0.1) is 0 Å². The minimum Gasteiger partial charge on any atom is -0.420 e. The van der Waals surface area contributed by atoms with Crippen LogP contribution in [0.3, 0.4) is 0 Å². The Morgan fingerprint density at radius 1 is 1.07 bits per heavy atom. The summed E-state index contributed by atoms with van der Waals surface area (Å²) in [4.78, 5) is 18.7. The van der Waals surface area contributed by atoms with Gasteiger partial charge >= 0.3 is 0 Å². The van der Waals surface area contributed by atoms with E-state index in [9.17, 15) is 10.1 Å². The summed E-state index contributed by atoms with van der Waals surface area (Å²) in [5.74, 6) is 1.55. The molecule has 0 spiro atoms. The van der Waals surface area contributed by atoms with Gasteiger partial charge in [0.05, 0.1) is 0 Å². The Morgan fingerprint density at radius 3 is 2.76 bits per heavy atom. The van der Waals surface area contributed by atoms with E-state index in [1.54, 1.807) is 12.1 Å². The van der Waals surface area contributed by atoms with Crippen LogP contribution in [0.4, 0.5) is 5.88 Å². The highest BCUT2D eigenvalue weighted by molar-refractivity contribution is 5.67. The molecule has 0 amide bonds. The van der Waals surface area contributed by atoms with Crippen molar-refractivity contribution in [1.29, 1.82) is 5.26 Å².